The number of benzene rings is 2. The molecule has 1 aromatic heterocycles. The van der Waals surface area contributed by atoms with Crippen LogP contribution in [0.5, 0.6) is 0 Å². The second-order valence-electron chi connectivity index (χ2n) is 7.35. The lowest BCUT2D eigenvalue weighted by atomic mass is 10.1. The average Bonchev–Trinajstić information content (AvgIpc) is 3.38. The van der Waals surface area contributed by atoms with Gasteiger partial charge in [-0.1, -0.05) is 18.2 Å². The molecule has 0 aliphatic carbocycles. The van der Waals surface area contributed by atoms with Gasteiger partial charge in [0.25, 0.3) is 0 Å². The normalized spacial score (nSPS) is 17.7. The number of aromatic nitrogens is 2. The van der Waals surface area contributed by atoms with Crippen LogP contribution in [0.2, 0.25) is 0 Å². The molecule has 1 aliphatic heterocycles. The van der Waals surface area contributed by atoms with E-state index >= 15 is 0 Å². The molecule has 0 saturated carbocycles. The van der Waals surface area contributed by atoms with Crippen LogP contribution < -0.4 is 4.90 Å². The summed E-state index contributed by atoms with van der Waals surface area (Å²) >= 11 is 0.980. The summed E-state index contributed by atoms with van der Waals surface area (Å²) in [5.41, 5.74) is 3.72. The van der Waals surface area contributed by atoms with Crippen LogP contribution in [0.3, 0.4) is 0 Å². The van der Waals surface area contributed by atoms with Gasteiger partial charge in [0, 0.05) is 19.3 Å². The summed E-state index contributed by atoms with van der Waals surface area (Å²) in [6.45, 7) is 4.22. The predicted molar refractivity (Wildman–Crippen MR) is 114 cm³/mol. The van der Waals surface area contributed by atoms with Gasteiger partial charge in [-0.15, -0.1) is 0 Å². The van der Waals surface area contributed by atoms with E-state index in [1.54, 1.807) is 24.1 Å². The number of amides is 1. The molecule has 4 rings (SSSR count). The van der Waals surface area contributed by atoms with Crippen LogP contribution in [0, 0.1) is 13.8 Å². The van der Waals surface area contributed by atoms with E-state index in [1.807, 2.05) is 32.0 Å². The van der Waals surface area contributed by atoms with E-state index in [-0.39, 0.29) is 10.8 Å². The van der Waals surface area contributed by atoms with Gasteiger partial charge in [0.15, 0.2) is 0 Å². The number of sulfonamides is 1. The van der Waals surface area contributed by atoms with Crippen LogP contribution >= 0.6 is 11.7 Å². The molecule has 2 aromatic carbocycles. The Bertz CT molecular complexity index is 1190. The van der Waals surface area contributed by atoms with Crippen molar-refractivity contribution in [2.45, 2.75) is 37.6 Å². The van der Waals surface area contributed by atoms with Crippen LogP contribution in [-0.4, -0.2) is 47.0 Å². The number of carbonyl (C=O) groups is 1. The molecule has 1 amide bonds. The van der Waals surface area contributed by atoms with Gasteiger partial charge in [-0.25, -0.2) is 8.42 Å². The number of nitrogens with zero attached hydrogens (tertiary/aromatic N) is 4. The molecule has 0 N–H and O–H groups in total. The summed E-state index contributed by atoms with van der Waals surface area (Å²) < 4.78 is 36.5. The largest absolute Gasteiger partial charge is 0.314 e. The van der Waals surface area contributed by atoms with Crippen molar-refractivity contribution in [1.82, 2.24) is 13.1 Å². The first-order valence-electron chi connectivity index (χ1n) is 9.38. The number of hydrogen-bond donors (Lipinski definition) is 0. The van der Waals surface area contributed by atoms with Gasteiger partial charge in [0.2, 0.25) is 15.9 Å². The maximum Gasteiger partial charge on any atom is 0.246 e. The molecule has 1 unspecified atom stereocenters. The highest BCUT2D eigenvalue weighted by Gasteiger charge is 2.41. The van der Waals surface area contributed by atoms with E-state index in [0.29, 0.717) is 30.4 Å². The van der Waals surface area contributed by atoms with E-state index in [2.05, 4.69) is 8.75 Å². The van der Waals surface area contributed by atoms with Gasteiger partial charge in [-0.3, -0.25) is 4.79 Å². The predicted octanol–water partition coefficient (Wildman–Crippen LogP) is 3.12. The van der Waals surface area contributed by atoms with Crippen LogP contribution in [-0.2, 0) is 14.8 Å². The molecule has 3 aromatic rings. The van der Waals surface area contributed by atoms with Crippen LogP contribution in [0.4, 0.5) is 5.69 Å². The number of hydrogen-bond acceptors (Lipinski definition) is 6. The fourth-order valence-corrected chi connectivity index (χ4v) is 6.22. The third-order valence-corrected chi connectivity index (χ3v) is 7.86. The third kappa shape index (κ3) is 3.43. The molecule has 29 heavy (non-hydrogen) atoms. The minimum absolute atomic E-state index is 0.109. The molecule has 9 heteroatoms. The van der Waals surface area contributed by atoms with E-state index in [4.69, 9.17) is 0 Å². The van der Waals surface area contributed by atoms with E-state index in [0.717, 1.165) is 28.5 Å². The molecular weight excluding hydrogens is 408 g/mol. The number of rotatable bonds is 4. The zero-order valence-electron chi connectivity index (χ0n) is 16.5. The zero-order chi connectivity index (χ0) is 20.8. The minimum atomic E-state index is -3.87. The van der Waals surface area contributed by atoms with Gasteiger partial charge >= 0.3 is 0 Å². The highest BCUT2D eigenvalue weighted by atomic mass is 32.2. The van der Waals surface area contributed by atoms with Crippen LogP contribution in [0.15, 0.2) is 41.3 Å². The van der Waals surface area contributed by atoms with Crippen molar-refractivity contribution in [3.05, 3.63) is 47.5 Å². The second kappa shape index (κ2) is 7.47. The number of carbonyl (C=O) groups excluding carboxylic acids is 1. The molecule has 152 valence electrons. The van der Waals surface area contributed by atoms with E-state index < -0.39 is 16.1 Å². The Hall–Kier alpha value is -2.36. The molecule has 2 heterocycles. The summed E-state index contributed by atoms with van der Waals surface area (Å²) in [5.74, 6) is -0.219. The SMILES string of the molecule is Cc1ccc(C)c(N(C)C(=O)C2CCCN2S(=O)(=O)c2cccc3nsnc23)c1. The Kier molecular flexibility index (Phi) is 5.14. The second-order valence-corrected chi connectivity index (χ2v) is 9.74. The average molecular weight is 431 g/mol. The number of likely N-dealkylation sites (N-methyl/N-ethyl adjacent to an activating group) is 1. The number of anilines is 1. The highest BCUT2D eigenvalue weighted by Crippen LogP contribution is 2.32. The van der Waals surface area contributed by atoms with Crippen molar-refractivity contribution in [3.8, 4) is 0 Å². The topological polar surface area (TPSA) is 83.5 Å². The molecule has 0 radical (unpaired) electrons. The smallest absolute Gasteiger partial charge is 0.246 e. The summed E-state index contributed by atoms with van der Waals surface area (Å²) in [6.07, 6.45) is 1.14. The molecular formula is C20H22N4O3S2. The summed E-state index contributed by atoms with van der Waals surface area (Å²) in [5, 5.41) is 0. The molecule has 7 nitrogen and oxygen atoms in total. The first kappa shape index (κ1) is 19.9. The Morgan fingerprint density at radius 1 is 1.21 bits per heavy atom. The third-order valence-electron chi connectivity index (χ3n) is 5.38. The first-order valence-corrected chi connectivity index (χ1v) is 11.6. The Labute approximate surface area is 174 Å². The van der Waals surface area contributed by atoms with Crippen molar-refractivity contribution in [1.29, 1.82) is 0 Å². The first-order chi connectivity index (χ1) is 13.8. The molecule has 0 spiro atoms. The standard InChI is InChI=1S/C20H22N4O3S2/c1-13-9-10-14(2)17(12-13)23(3)20(25)16-7-5-11-24(16)29(26,27)18-8-4-6-15-19(18)22-28-21-15/h4,6,8-10,12,16H,5,7,11H2,1-3H3. The molecule has 1 aliphatic rings. The van der Waals surface area contributed by atoms with Gasteiger partial charge in [-0.2, -0.15) is 13.1 Å². The van der Waals surface area contributed by atoms with Crippen molar-refractivity contribution in [3.63, 3.8) is 0 Å². The Balaban J connectivity index is 1.69. The number of fused-ring (bicyclic) bond motifs is 1. The lowest BCUT2D eigenvalue weighted by molar-refractivity contribution is -0.121. The fraction of sp³-hybridized carbons (Fsp3) is 0.350. The van der Waals surface area contributed by atoms with Crippen LogP contribution in [0.25, 0.3) is 11.0 Å². The molecule has 1 atom stereocenters. The summed E-state index contributed by atoms with van der Waals surface area (Å²) in [4.78, 5) is 15.0. The highest BCUT2D eigenvalue weighted by molar-refractivity contribution is 7.89. The Morgan fingerprint density at radius 2 is 2.00 bits per heavy atom. The van der Waals surface area contributed by atoms with Gasteiger partial charge in [-0.05, 0) is 56.0 Å². The number of aryl methyl sites for hydroxylation is 2. The van der Waals surface area contributed by atoms with Gasteiger partial charge in [0.05, 0.1) is 11.7 Å². The summed E-state index contributed by atoms with van der Waals surface area (Å²) in [7, 11) is -2.17. The summed E-state index contributed by atoms with van der Waals surface area (Å²) in [6, 6.07) is 10.1. The van der Waals surface area contributed by atoms with Gasteiger partial charge in [0.1, 0.15) is 22.0 Å². The van der Waals surface area contributed by atoms with Crippen molar-refractivity contribution in [2.75, 3.05) is 18.5 Å². The maximum atomic E-state index is 13.4. The van der Waals surface area contributed by atoms with Crippen molar-refractivity contribution >= 4 is 44.4 Å². The van der Waals surface area contributed by atoms with E-state index in [1.165, 1.54) is 10.4 Å². The quantitative estimate of drug-likeness (QED) is 0.635. The van der Waals surface area contributed by atoms with Crippen molar-refractivity contribution < 1.29 is 13.2 Å². The lowest BCUT2D eigenvalue weighted by Crippen LogP contribution is -2.46. The molecule has 1 saturated heterocycles. The lowest BCUT2D eigenvalue weighted by Gasteiger charge is -2.28. The molecule has 0 bridgehead atoms. The maximum absolute atomic E-state index is 13.4. The van der Waals surface area contributed by atoms with E-state index in [9.17, 15) is 13.2 Å². The monoisotopic (exact) mass is 430 g/mol. The Morgan fingerprint density at radius 3 is 2.79 bits per heavy atom. The van der Waals surface area contributed by atoms with Crippen molar-refractivity contribution in [2.24, 2.45) is 0 Å². The van der Waals surface area contributed by atoms with Crippen LogP contribution in [0.1, 0.15) is 24.0 Å². The fourth-order valence-electron chi connectivity index (χ4n) is 3.81. The minimum Gasteiger partial charge on any atom is -0.314 e. The zero-order valence-corrected chi connectivity index (χ0v) is 18.1. The molecule has 1 fully saturated rings. The van der Waals surface area contributed by atoms with Gasteiger partial charge < -0.3 is 4.90 Å².